The summed E-state index contributed by atoms with van der Waals surface area (Å²) in [6.45, 7) is 4.32. The topological polar surface area (TPSA) is 56.2 Å². The number of carbonyl (C=O) groups is 1. The van der Waals surface area contributed by atoms with Crippen LogP contribution in [0.5, 0.6) is 0 Å². The molecule has 0 atom stereocenters. The molecule has 96 valence electrons. The monoisotopic (exact) mass is 245 g/mol. The van der Waals surface area contributed by atoms with Gasteiger partial charge < -0.3 is 10.2 Å². The first-order chi connectivity index (χ1) is 8.56. The lowest BCUT2D eigenvalue weighted by atomic mass is 10.0. The van der Waals surface area contributed by atoms with E-state index in [0.717, 1.165) is 18.2 Å². The number of Topliss-reactive ketones (excluding diaryl/α,β-unsaturated/α-hetero) is 1. The molecule has 0 fully saturated rings. The maximum absolute atomic E-state index is 12.0. The summed E-state index contributed by atoms with van der Waals surface area (Å²) in [6.07, 6.45) is 2.53. The van der Waals surface area contributed by atoms with Gasteiger partial charge in [0.2, 0.25) is 0 Å². The van der Waals surface area contributed by atoms with Gasteiger partial charge in [-0.05, 0) is 30.5 Å². The highest BCUT2D eigenvalue weighted by Crippen LogP contribution is 2.23. The summed E-state index contributed by atoms with van der Waals surface area (Å²) < 4.78 is 5.54. The molecule has 0 aliphatic carbocycles. The van der Waals surface area contributed by atoms with Gasteiger partial charge in [-0.25, -0.2) is 0 Å². The molecule has 0 aliphatic heterocycles. The fraction of sp³-hybridized carbons (Fsp3) is 0.400. The molecule has 0 bridgehead atoms. The van der Waals surface area contributed by atoms with Gasteiger partial charge in [-0.1, -0.05) is 20.3 Å². The Hall–Kier alpha value is -1.77. The van der Waals surface area contributed by atoms with E-state index in [2.05, 4.69) is 13.8 Å². The Morgan fingerprint density at radius 1 is 1.33 bits per heavy atom. The second-order valence-electron chi connectivity index (χ2n) is 5.12. The van der Waals surface area contributed by atoms with E-state index in [1.165, 1.54) is 0 Å². The molecule has 0 saturated heterocycles. The van der Waals surface area contributed by atoms with Crippen LogP contribution in [0.15, 0.2) is 28.7 Å². The average Bonchev–Trinajstić information content (AvgIpc) is 2.71. The van der Waals surface area contributed by atoms with Gasteiger partial charge >= 0.3 is 0 Å². The standard InChI is InChI=1S/C15H19NO2/c1-10(2)4-3-5-13(17)15-8-11-6-7-12(16)9-14(11)18-15/h6-10H,3-5,16H2,1-2H3. The first-order valence-electron chi connectivity index (χ1n) is 6.38. The van der Waals surface area contributed by atoms with Crippen LogP contribution in [-0.2, 0) is 0 Å². The van der Waals surface area contributed by atoms with E-state index in [4.69, 9.17) is 10.2 Å². The van der Waals surface area contributed by atoms with E-state index in [-0.39, 0.29) is 5.78 Å². The van der Waals surface area contributed by atoms with E-state index in [1.807, 2.05) is 12.1 Å². The van der Waals surface area contributed by atoms with Crippen LogP contribution in [0.25, 0.3) is 11.0 Å². The van der Waals surface area contributed by atoms with Gasteiger partial charge in [0.15, 0.2) is 11.5 Å². The van der Waals surface area contributed by atoms with Gasteiger partial charge in [-0.2, -0.15) is 0 Å². The van der Waals surface area contributed by atoms with Crippen LogP contribution in [0.3, 0.4) is 0 Å². The fourth-order valence-corrected chi connectivity index (χ4v) is 1.98. The lowest BCUT2D eigenvalue weighted by Gasteiger charge is -2.01. The van der Waals surface area contributed by atoms with Crippen molar-refractivity contribution >= 4 is 22.4 Å². The number of nitrogen functional groups attached to an aromatic ring is 1. The van der Waals surface area contributed by atoms with E-state index in [9.17, 15) is 4.79 Å². The van der Waals surface area contributed by atoms with Gasteiger partial charge in [-0.15, -0.1) is 0 Å². The summed E-state index contributed by atoms with van der Waals surface area (Å²) in [6, 6.07) is 7.23. The van der Waals surface area contributed by atoms with E-state index in [0.29, 0.717) is 29.4 Å². The van der Waals surface area contributed by atoms with Crippen molar-refractivity contribution in [3.63, 3.8) is 0 Å². The molecule has 3 nitrogen and oxygen atoms in total. The van der Waals surface area contributed by atoms with Crippen molar-refractivity contribution in [2.24, 2.45) is 5.92 Å². The van der Waals surface area contributed by atoms with Gasteiger partial charge in [0, 0.05) is 23.6 Å². The Morgan fingerprint density at radius 2 is 2.11 bits per heavy atom. The molecule has 1 aromatic heterocycles. The Balaban J connectivity index is 2.08. The van der Waals surface area contributed by atoms with Crippen LogP contribution in [0.2, 0.25) is 0 Å². The first kappa shape index (κ1) is 12.7. The maximum Gasteiger partial charge on any atom is 0.198 e. The van der Waals surface area contributed by atoms with Crippen molar-refractivity contribution in [2.75, 3.05) is 5.73 Å². The van der Waals surface area contributed by atoms with Crippen molar-refractivity contribution in [3.8, 4) is 0 Å². The Bertz CT molecular complexity index is 555. The summed E-state index contributed by atoms with van der Waals surface area (Å²) in [4.78, 5) is 12.0. The van der Waals surface area contributed by atoms with Gasteiger partial charge in [0.1, 0.15) is 5.58 Å². The minimum atomic E-state index is 0.0745. The van der Waals surface area contributed by atoms with E-state index >= 15 is 0 Å². The highest BCUT2D eigenvalue weighted by Gasteiger charge is 2.12. The number of rotatable bonds is 5. The lowest BCUT2D eigenvalue weighted by Crippen LogP contribution is -1.98. The molecule has 2 N–H and O–H groups in total. The molecule has 2 aromatic rings. The van der Waals surface area contributed by atoms with Crippen molar-refractivity contribution in [2.45, 2.75) is 33.1 Å². The molecule has 3 heteroatoms. The summed E-state index contributed by atoms with van der Waals surface area (Å²) >= 11 is 0. The SMILES string of the molecule is CC(C)CCCC(=O)c1cc2ccc(N)cc2o1. The number of furan rings is 1. The summed E-state index contributed by atoms with van der Waals surface area (Å²) in [7, 11) is 0. The molecular formula is C15H19NO2. The molecule has 0 unspecified atom stereocenters. The third-order valence-electron chi connectivity index (χ3n) is 3.00. The second kappa shape index (κ2) is 5.25. The molecule has 1 aromatic carbocycles. The number of fused-ring (bicyclic) bond motifs is 1. The van der Waals surface area contributed by atoms with Crippen molar-refractivity contribution < 1.29 is 9.21 Å². The highest BCUT2D eigenvalue weighted by molar-refractivity contribution is 5.97. The van der Waals surface area contributed by atoms with Gasteiger partial charge in [-0.3, -0.25) is 4.79 Å². The number of hydrogen-bond acceptors (Lipinski definition) is 3. The maximum atomic E-state index is 12.0. The highest BCUT2D eigenvalue weighted by atomic mass is 16.3. The van der Waals surface area contributed by atoms with E-state index in [1.54, 1.807) is 12.1 Å². The summed E-state index contributed by atoms with van der Waals surface area (Å²) in [5.41, 5.74) is 7.01. The fourth-order valence-electron chi connectivity index (χ4n) is 1.98. The molecule has 0 radical (unpaired) electrons. The van der Waals surface area contributed by atoms with E-state index < -0.39 is 0 Å². The predicted octanol–water partition coefficient (Wildman–Crippen LogP) is 4.02. The van der Waals surface area contributed by atoms with Gasteiger partial charge in [0.05, 0.1) is 0 Å². The normalized spacial score (nSPS) is 11.3. The van der Waals surface area contributed by atoms with Crippen LogP contribution < -0.4 is 5.73 Å². The van der Waals surface area contributed by atoms with Crippen molar-refractivity contribution in [1.29, 1.82) is 0 Å². The Labute approximate surface area is 107 Å². The molecule has 0 spiro atoms. The molecule has 0 saturated carbocycles. The van der Waals surface area contributed by atoms with Crippen LogP contribution in [0, 0.1) is 5.92 Å². The molecule has 0 aliphatic rings. The third kappa shape index (κ3) is 2.92. The number of ketones is 1. The molecular weight excluding hydrogens is 226 g/mol. The summed E-state index contributed by atoms with van der Waals surface area (Å²) in [5, 5.41) is 0.927. The zero-order valence-electron chi connectivity index (χ0n) is 10.9. The molecule has 2 rings (SSSR count). The molecule has 18 heavy (non-hydrogen) atoms. The minimum Gasteiger partial charge on any atom is -0.453 e. The summed E-state index contributed by atoms with van der Waals surface area (Å²) in [5.74, 6) is 1.15. The largest absolute Gasteiger partial charge is 0.453 e. The number of anilines is 1. The number of carbonyl (C=O) groups excluding carboxylic acids is 1. The van der Waals surface area contributed by atoms with Crippen LogP contribution in [-0.4, -0.2) is 5.78 Å². The lowest BCUT2D eigenvalue weighted by molar-refractivity contribution is 0.0953. The predicted molar refractivity (Wildman–Crippen MR) is 73.6 cm³/mol. The first-order valence-corrected chi connectivity index (χ1v) is 6.38. The van der Waals surface area contributed by atoms with Gasteiger partial charge in [0.25, 0.3) is 0 Å². The smallest absolute Gasteiger partial charge is 0.198 e. The van der Waals surface area contributed by atoms with Crippen LogP contribution in [0.4, 0.5) is 5.69 Å². The Kier molecular flexibility index (Phi) is 3.70. The molecule has 1 heterocycles. The van der Waals surface area contributed by atoms with Crippen molar-refractivity contribution in [1.82, 2.24) is 0 Å². The number of hydrogen-bond donors (Lipinski definition) is 1. The third-order valence-corrected chi connectivity index (χ3v) is 3.00. The van der Waals surface area contributed by atoms with Crippen LogP contribution >= 0.6 is 0 Å². The zero-order chi connectivity index (χ0) is 13.1. The minimum absolute atomic E-state index is 0.0745. The van der Waals surface area contributed by atoms with Crippen molar-refractivity contribution in [3.05, 3.63) is 30.0 Å². The quantitative estimate of drug-likeness (QED) is 0.639. The Morgan fingerprint density at radius 3 is 2.83 bits per heavy atom. The van der Waals surface area contributed by atoms with Crippen LogP contribution in [0.1, 0.15) is 43.7 Å². The number of benzene rings is 1. The average molecular weight is 245 g/mol. The zero-order valence-corrected chi connectivity index (χ0v) is 10.9. The second-order valence-corrected chi connectivity index (χ2v) is 5.12. The molecule has 0 amide bonds. The number of nitrogens with two attached hydrogens (primary N) is 1.